The Morgan fingerprint density at radius 1 is 0.878 bits per heavy atom. The Bertz CT molecular complexity index is 1280. The van der Waals surface area contributed by atoms with Crippen LogP contribution in [0.1, 0.15) is 67.0 Å². The molecule has 2 aromatic carbocycles. The normalized spacial score (nSPS) is 19.5. The van der Waals surface area contributed by atoms with E-state index in [-0.39, 0.29) is 36.3 Å². The summed E-state index contributed by atoms with van der Waals surface area (Å²) < 4.78 is 127. The van der Waals surface area contributed by atoms with E-state index in [9.17, 15) is 49.1 Å². The molecule has 1 fully saturated rings. The minimum Gasteiger partial charge on any atom is -0.449 e. The molecule has 5 nitrogen and oxygen atoms in total. The number of ether oxygens (including phenoxy) is 1. The van der Waals surface area contributed by atoms with Gasteiger partial charge in [0.15, 0.2) is 0 Å². The van der Waals surface area contributed by atoms with Gasteiger partial charge in [-0.15, -0.1) is 0 Å². The number of benzene rings is 2. The number of carbonyl (C=O) groups excluding carboxylic acids is 2. The van der Waals surface area contributed by atoms with E-state index < -0.39 is 71.4 Å². The third-order valence-corrected chi connectivity index (χ3v) is 7.18. The SMILES string of the molecule is CCOC(=O)N1c2ccc(C(F)(F)F)cc2C(N(Cc2cc(C(F)(F)F)cc(C(F)(F)F)c2)C(C)=O)CC1C1CC1. The van der Waals surface area contributed by atoms with Gasteiger partial charge in [0.1, 0.15) is 0 Å². The van der Waals surface area contributed by atoms with Gasteiger partial charge in [-0.25, -0.2) is 4.79 Å². The Morgan fingerprint density at radius 3 is 1.90 bits per heavy atom. The molecule has 1 saturated carbocycles. The topological polar surface area (TPSA) is 49.9 Å². The van der Waals surface area contributed by atoms with Gasteiger partial charge in [0.25, 0.3) is 0 Å². The molecule has 14 heteroatoms. The molecule has 0 aromatic heterocycles. The Kier molecular flexibility index (Phi) is 8.00. The van der Waals surface area contributed by atoms with Gasteiger partial charge < -0.3 is 9.64 Å². The highest BCUT2D eigenvalue weighted by molar-refractivity contribution is 5.91. The van der Waals surface area contributed by atoms with Gasteiger partial charge in [-0.3, -0.25) is 9.69 Å². The molecular weight excluding hydrogens is 571 g/mol. The molecule has 1 aliphatic carbocycles. The van der Waals surface area contributed by atoms with Crippen molar-refractivity contribution < 1.29 is 53.8 Å². The molecule has 2 unspecified atom stereocenters. The van der Waals surface area contributed by atoms with Crippen molar-refractivity contribution in [3.63, 3.8) is 0 Å². The molecule has 2 aromatic rings. The molecule has 1 aliphatic heterocycles. The second-order valence-corrected chi connectivity index (χ2v) is 10.1. The van der Waals surface area contributed by atoms with Crippen LogP contribution in [0.3, 0.4) is 0 Å². The van der Waals surface area contributed by atoms with E-state index >= 15 is 0 Å². The fourth-order valence-corrected chi connectivity index (χ4v) is 5.21. The van der Waals surface area contributed by atoms with Gasteiger partial charge >= 0.3 is 24.6 Å². The molecule has 2 aliphatic rings. The van der Waals surface area contributed by atoms with Crippen LogP contribution in [0.2, 0.25) is 0 Å². The van der Waals surface area contributed by atoms with Crippen molar-refractivity contribution in [1.29, 1.82) is 0 Å². The molecule has 41 heavy (non-hydrogen) atoms. The quantitative estimate of drug-likeness (QED) is 0.329. The first-order chi connectivity index (χ1) is 18.9. The van der Waals surface area contributed by atoms with Crippen LogP contribution in [0.4, 0.5) is 50.0 Å². The number of nitrogens with zero attached hydrogens (tertiary/aromatic N) is 2. The van der Waals surface area contributed by atoms with Gasteiger partial charge in [-0.1, -0.05) is 0 Å². The Balaban J connectivity index is 1.86. The van der Waals surface area contributed by atoms with Crippen molar-refractivity contribution in [1.82, 2.24) is 4.90 Å². The van der Waals surface area contributed by atoms with E-state index in [0.717, 1.165) is 30.0 Å². The van der Waals surface area contributed by atoms with Crippen LogP contribution in [-0.2, 0) is 34.6 Å². The predicted octanol–water partition coefficient (Wildman–Crippen LogP) is 7.98. The van der Waals surface area contributed by atoms with Gasteiger partial charge in [-0.2, -0.15) is 39.5 Å². The van der Waals surface area contributed by atoms with Crippen molar-refractivity contribution in [2.75, 3.05) is 11.5 Å². The van der Waals surface area contributed by atoms with Crippen molar-refractivity contribution in [3.05, 3.63) is 64.2 Å². The maximum atomic E-state index is 13.7. The number of halogens is 9. The fraction of sp³-hybridized carbons (Fsp3) is 0.481. The first kappa shape index (κ1) is 30.5. The maximum absolute atomic E-state index is 13.7. The Morgan fingerprint density at radius 2 is 1.44 bits per heavy atom. The molecule has 4 rings (SSSR count). The monoisotopic (exact) mass is 596 g/mol. The summed E-state index contributed by atoms with van der Waals surface area (Å²) in [4.78, 5) is 28.0. The summed E-state index contributed by atoms with van der Waals surface area (Å²) in [5.41, 5.74) is -4.88. The number of fused-ring (bicyclic) bond motifs is 1. The summed E-state index contributed by atoms with van der Waals surface area (Å²) in [7, 11) is 0. The van der Waals surface area contributed by atoms with Crippen LogP contribution in [0.15, 0.2) is 36.4 Å². The lowest BCUT2D eigenvalue weighted by Gasteiger charge is -2.44. The van der Waals surface area contributed by atoms with E-state index in [1.54, 1.807) is 6.92 Å². The van der Waals surface area contributed by atoms with E-state index in [0.29, 0.717) is 25.0 Å². The molecule has 0 bridgehead atoms. The van der Waals surface area contributed by atoms with E-state index in [4.69, 9.17) is 4.74 Å². The lowest BCUT2D eigenvalue weighted by atomic mass is 9.86. The third kappa shape index (κ3) is 6.56. The standard InChI is InChI=1S/C27H25F9N2O3/c1-3-41-24(40)38-21-7-6-17(25(28,29)30)11-20(21)23(12-22(38)16-4-5-16)37(14(2)39)13-15-8-18(26(31,32)33)10-19(9-15)27(34,35)36/h6-11,16,22-23H,3-5,12-13H2,1-2H3. The highest BCUT2D eigenvalue weighted by atomic mass is 19.4. The largest absolute Gasteiger partial charge is 0.449 e. The fourth-order valence-electron chi connectivity index (χ4n) is 5.21. The summed E-state index contributed by atoms with van der Waals surface area (Å²) in [6.45, 7) is 1.80. The molecule has 0 N–H and O–H groups in total. The first-order valence-electron chi connectivity index (χ1n) is 12.6. The summed E-state index contributed by atoms with van der Waals surface area (Å²) in [6, 6.07) is 1.67. The molecule has 0 radical (unpaired) electrons. The summed E-state index contributed by atoms with van der Waals surface area (Å²) >= 11 is 0. The molecule has 0 spiro atoms. The zero-order valence-electron chi connectivity index (χ0n) is 21.8. The molecule has 1 heterocycles. The lowest BCUT2D eigenvalue weighted by Crippen LogP contribution is -2.49. The van der Waals surface area contributed by atoms with Crippen LogP contribution in [0.5, 0.6) is 0 Å². The smallest absolute Gasteiger partial charge is 0.416 e. The zero-order valence-corrected chi connectivity index (χ0v) is 21.8. The highest BCUT2D eigenvalue weighted by Crippen LogP contribution is 2.50. The van der Waals surface area contributed by atoms with E-state index in [2.05, 4.69) is 0 Å². The number of hydrogen-bond acceptors (Lipinski definition) is 3. The van der Waals surface area contributed by atoms with Crippen LogP contribution < -0.4 is 4.90 Å². The van der Waals surface area contributed by atoms with Crippen LogP contribution in [0, 0.1) is 5.92 Å². The maximum Gasteiger partial charge on any atom is 0.416 e. The highest BCUT2D eigenvalue weighted by Gasteiger charge is 2.47. The summed E-state index contributed by atoms with van der Waals surface area (Å²) in [5, 5.41) is 0. The van der Waals surface area contributed by atoms with Crippen molar-refractivity contribution >= 4 is 17.7 Å². The number of amides is 2. The number of anilines is 1. The van der Waals surface area contributed by atoms with Gasteiger partial charge in [0.2, 0.25) is 5.91 Å². The van der Waals surface area contributed by atoms with E-state index in [1.165, 1.54) is 4.90 Å². The average molecular weight is 596 g/mol. The molecule has 2 atom stereocenters. The average Bonchev–Trinajstić information content (AvgIpc) is 3.70. The molecular formula is C27H25F9N2O3. The first-order valence-corrected chi connectivity index (χ1v) is 12.6. The predicted molar refractivity (Wildman–Crippen MR) is 127 cm³/mol. The number of rotatable bonds is 5. The van der Waals surface area contributed by atoms with Gasteiger partial charge in [0, 0.05) is 19.5 Å². The Labute approximate surface area is 228 Å². The number of alkyl halides is 9. The van der Waals surface area contributed by atoms with Crippen LogP contribution >= 0.6 is 0 Å². The lowest BCUT2D eigenvalue weighted by molar-refractivity contribution is -0.143. The summed E-state index contributed by atoms with van der Waals surface area (Å²) in [5.74, 6) is -0.875. The third-order valence-electron chi connectivity index (χ3n) is 7.18. The second kappa shape index (κ2) is 10.8. The van der Waals surface area contributed by atoms with Crippen molar-refractivity contribution in [2.45, 2.75) is 70.3 Å². The minimum atomic E-state index is -5.13. The second-order valence-electron chi connectivity index (χ2n) is 10.1. The Hall–Kier alpha value is -3.45. The van der Waals surface area contributed by atoms with Crippen molar-refractivity contribution in [3.8, 4) is 0 Å². The molecule has 224 valence electrons. The van der Waals surface area contributed by atoms with Crippen LogP contribution in [-0.4, -0.2) is 29.5 Å². The van der Waals surface area contributed by atoms with Gasteiger partial charge in [0.05, 0.1) is 35.0 Å². The molecule has 2 amide bonds. The van der Waals surface area contributed by atoms with Crippen molar-refractivity contribution in [2.24, 2.45) is 5.92 Å². The van der Waals surface area contributed by atoms with E-state index in [1.807, 2.05) is 0 Å². The van der Waals surface area contributed by atoms with Gasteiger partial charge in [-0.05, 0) is 79.6 Å². The number of carbonyl (C=O) groups is 2. The zero-order chi connectivity index (χ0) is 30.5. The summed E-state index contributed by atoms with van der Waals surface area (Å²) in [6.07, 6.45) is -14.6. The molecule has 0 saturated heterocycles. The minimum absolute atomic E-state index is 0.0240. The number of hydrogen-bond donors (Lipinski definition) is 0. The van der Waals surface area contributed by atoms with Crippen LogP contribution in [0.25, 0.3) is 0 Å².